The molecule has 0 aromatic rings. The molecule has 138 valence electrons. The Kier molecular flexibility index (Phi) is 18.8. The van der Waals surface area contributed by atoms with E-state index in [1.807, 2.05) is 6.08 Å². The first-order valence-corrected chi connectivity index (χ1v) is 10.0. The van der Waals surface area contributed by atoms with Crippen LogP contribution in [0.25, 0.3) is 0 Å². The van der Waals surface area contributed by atoms with Crippen LogP contribution in [0.5, 0.6) is 0 Å². The summed E-state index contributed by atoms with van der Waals surface area (Å²) in [5, 5.41) is 0. The first-order valence-electron chi connectivity index (χ1n) is 10.0. The van der Waals surface area contributed by atoms with E-state index in [9.17, 15) is 4.79 Å². The minimum Gasteiger partial charge on any atom is -0.461 e. The Morgan fingerprint density at radius 2 is 1.50 bits per heavy atom. The van der Waals surface area contributed by atoms with Crippen molar-refractivity contribution >= 4 is 5.97 Å². The second kappa shape index (κ2) is 19.8. The Balaban J connectivity index is 3.25. The number of carbonyl (C=O) groups is 1. The molecule has 0 aromatic heterocycles. The van der Waals surface area contributed by atoms with Crippen LogP contribution in [0.3, 0.4) is 0 Å². The van der Waals surface area contributed by atoms with E-state index < -0.39 is 0 Å². The van der Waals surface area contributed by atoms with Gasteiger partial charge in [-0.1, -0.05) is 76.9 Å². The molecule has 0 amide bonds. The predicted molar refractivity (Wildman–Crippen MR) is 104 cm³/mol. The van der Waals surface area contributed by atoms with Gasteiger partial charge in [0.2, 0.25) is 0 Å². The Morgan fingerprint density at radius 3 is 2.21 bits per heavy atom. The average Bonchev–Trinajstić information content (AvgIpc) is 2.59. The molecule has 0 aliphatic heterocycles. The maximum absolute atomic E-state index is 11.6. The van der Waals surface area contributed by atoms with Crippen LogP contribution in [0.15, 0.2) is 12.2 Å². The molecule has 0 aromatic carbocycles. The number of hydrogen-bond acceptors (Lipinski definition) is 2. The zero-order valence-corrected chi connectivity index (χ0v) is 15.9. The molecular weight excluding hydrogens is 296 g/mol. The van der Waals surface area contributed by atoms with E-state index >= 15 is 0 Å². The van der Waals surface area contributed by atoms with Crippen molar-refractivity contribution < 1.29 is 9.53 Å². The first-order chi connectivity index (χ1) is 11.8. The molecule has 0 bridgehead atoms. The van der Waals surface area contributed by atoms with Crippen LogP contribution in [0, 0.1) is 12.3 Å². The molecule has 0 atom stereocenters. The van der Waals surface area contributed by atoms with Crippen LogP contribution in [-0.4, -0.2) is 12.6 Å². The number of unbranched alkanes of at least 4 members (excludes halogenated alkanes) is 12. The van der Waals surface area contributed by atoms with E-state index in [4.69, 9.17) is 11.2 Å². The number of hydrogen-bond donors (Lipinski definition) is 0. The molecule has 0 radical (unpaired) electrons. The number of allylic oxidation sites excluding steroid dienone is 1. The number of terminal acetylenes is 1. The SMILES string of the molecule is C#CCCCCCCCCC(=O)OCC=CCCCCCCCC. The Morgan fingerprint density at radius 1 is 0.875 bits per heavy atom. The monoisotopic (exact) mass is 334 g/mol. The van der Waals surface area contributed by atoms with Crippen LogP contribution in [0.1, 0.15) is 103 Å². The summed E-state index contributed by atoms with van der Waals surface area (Å²) in [7, 11) is 0. The number of esters is 1. The highest BCUT2D eigenvalue weighted by molar-refractivity contribution is 5.69. The topological polar surface area (TPSA) is 26.3 Å². The van der Waals surface area contributed by atoms with Gasteiger partial charge in [0.1, 0.15) is 6.61 Å². The van der Waals surface area contributed by atoms with E-state index in [2.05, 4.69) is 18.9 Å². The fourth-order valence-corrected chi connectivity index (χ4v) is 2.65. The molecule has 2 heteroatoms. The smallest absolute Gasteiger partial charge is 0.306 e. The van der Waals surface area contributed by atoms with Crippen molar-refractivity contribution in [1.82, 2.24) is 0 Å². The molecule has 0 fully saturated rings. The van der Waals surface area contributed by atoms with Crippen molar-refractivity contribution in [3.8, 4) is 12.3 Å². The van der Waals surface area contributed by atoms with Crippen molar-refractivity contribution in [3.05, 3.63) is 12.2 Å². The molecule has 0 unspecified atom stereocenters. The van der Waals surface area contributed by atoms with E-state index in [0.717, 1.165) is 32.1 Å². The van der Waals surface area contributed by atoms with E-state index in [0.29, 0.717) is 13.0 Å². The molecule has 0 aliphatic rings. The molecule has 0 N–H and O–H groups in total. The average molecular weight is 335 g/mol. The van der Waals surface area contributed by atoms with Crippen LogP contribution < -0.4 is 0 Å². The summed E-state index contributed by atoms with van der Waals surface area (Å²) < 4.78 is 5.21. The van der Waals surface area contributed by atoms with Crippen LogP contribution in [0.4, 0.5) is 0 Å². The molecule has 24 heavy (non-hydrogen) atoms. The van der Waals surface area contributed by atoms with Gasteiger partial charge in [-0.15, -0.1) is 12.3 Å². The van der Waals surface area contributed by atoms with Crippen LogP contribution in [-0.2, 0) is 9.53 Å². The van der Waals surface area contributed by atoms with Crippen molar-refractivity contribution in [1.29, 1.82) is 0 Å². The Labute approximate surface area is 150 Å². The van der Waals surface area contributed by atoms with Gasteiger partial charge < -0.3 is 4.74 Å². The third-order valence-corrected chi connectivity index (χ3v) is 4.18. The summed E-state index contributed by atoms with van der Waals surface area (Å²) in [6.07, 6.45) is 26.6. The summed E-state index contributed by atoms with van der Waals surface area (Å²) >= 11 is 0. The standard InChI is InChI=1S/C22H38O2/c1-3-5-7-9-11-13-15-17-19-21-24-22(23)20-18-16-14-12-10-8-6-4-2/h2,17,19H,3,5-16,18,20-21H2,1H3. The molecule has 0 spiro atoms. The third-order valence-electron chi connectivity index (χ3n) is 4.18. The highest BCUT2D eigenvalue weighted by Crippen LogP contribution is 2.09. The number of rotatable bonds is 17. The lowest BCUT2D eigenvalue weighted by molar-refractivity contribution is -0.142. The van der Waals surface area contributed by atoms with Crippen LogP contribution in [0.2, 0.25) is 0 Å². The molecule has 0 rings (SSSR count). The van der Waals surface area contributed by atoms with Crippen molar-refractivity contribution in [3.63, 3.8) is 0 Å². The maximum atomic E-state index is 11.6. The van der Waals surface area contributed by atoms with E-state index in [-0.39, 0.29) is 5.97 Å². The van der Waals surface area contributed by atoms with E-state index in [1.165, 1.54) is 57.8 Å². The van der Waals surface area contributed by atoms with Crippen molar-refractivity contribution in [2.24, 2.45) is 0 Å². The molecule has 0 aliphatic carbocycles. The maximum Gasteiger partial charge on any atom is 0.306 e. The lowest BCUT2D eigenvalue weighted by atomic mass is 10.1. The second-order valence-corrected chi connectivity index (χ2v) is 6.54. The zero-order chi connectivity index (χ0) is 17.7. The van der Waals surface area contributed by atoms with Gasteiger partial charge in [-0.05, 0) is 25.7 Å². The normalized spacial score (nSPS) is 10.8. The summed E-state index contributed by atoms with van der Waals surface area (Å²) in [4.78, 5) is 11.6. The summed E-state index contributed by atoms with van der Waals surface area (Å²) in [6, 6.07) is 0. The highest BCUT2D eigenvalue weighted by Gasteiger charge is 2.01. The lowest BCUT2D eigenvalue weighted by Gasteiger charge is -2.02. The fraction of sp³-hybridized carbons (Fsp3) is 0.773. The van der Waals surface area contributed by atoms with Gasteiger partial charge >= 0.3 is 5.97 Å². The Bertz CT molecular complexity index is 338. The largest absolute Gasteiger partial charge is 0.461 e. The van der Waals surface area contributed by atoms with Gasteiger partial charge in [0, 0.05) is 12.8 Å². The van der Waals surface area contributed by atoms with Gasteiger partial charge in [-0.3, -0.25) is 4.79 Å². The fourth-order valence-electron chi connectivity index (χ4n) is 2.65. The van der Waals surface area contributed by atoms with Gasteiger partial charge in [0.25, 0.3) is 0 Å². The van der Waals surface area contributed by atoms with Gasteiger partial charge in [-0.2, -0.15) is 0 Å². The molecule has 0 heterocycles. The van der Waals surface area contributed by atoms with Gasteiger partial charge in [0.15, 0.2) is 0 Å². The predicted octanol–water partition coefficient (Wildman–Crippen LogP) is 6.59. The van der Waals surface area contributed by atoms with Crippen molar-refractivity contribution in [2.45, 2.75) is 103 Å². The minimum absolute atomic E-state index is 0.0634. The molecule has 0 saturated carbocycles. The zero-order valence-electron chi connectivity index (χ0n) is 15.9. The highest BCUT2D eigenvalue weighted by atomic mass is 16.5. The van der Waals surface area contributed by atoms with Crippen molar-refractivity contribution in [2.75, 3.05) is 6.61 Å². The first kappa shape index (κ1) is 22.8. The lowest BCUT2D eigenvalue weighted by Crippen LogP contribution is -2.03. The number of ether oxygens (including phenoxy) is 1. The molecule has 0 saturated heterocycles. The quantitative estimate of drug-likeness (QED) is 0.130. The second-order valence-electron chi connectivity index (χ2n) is 6.54. The Hall–Kier alpha value is -1.23. The third kappa shape index (κ3) is 18.8. The molecule has 2 nitrogen and oxygen atoms in total. The summed E-state index contributed by atoms with van der Waals surface area (Å²) in [6.45, 7) is 2.67. The van der Waals surface area contributed by atoms with Gasteiger partial charge in [0.05, 0.1) is 0 Å². The van der Waals surface area contributed by atoms with Crippen LogP contribution >= 0.6 is 0 Å². The minimum atomic E-state index is -0.0634. The summed E-state index contributed by atoms with van der Waals surface area (Å²) in [5.41, 5.74) is 0. The van der Waals surface area contributed by atoms with Gasteiger partial charge in [-0.25, -0.2) is 0 Å². The van der Waals surface area contributed by atoms with E-state index in [1.54, 1.807) is 0 Å². The number of carbonyl (C=O) groups excluding carboxylic acids is 1. The summed E-state index contributed by atoms with van der Waals surface area (Å²) in [5.74, 6) is 2.60. The molecular formula is C22H38O2.